The van der Waals surface area contributed by atoms with Crippen LogP contribution in [0.3, 0.4) is 0 Å². The Hall–Kier alpha value is -1.18. The Kier molecular flexibility index (Phi) is 4.49. The number of hydrogen-bond acceptors (Lipinski definition) is 5. The number of benzene rings is 1. The number of nitrogens with one attached hydrogen (secondary N) is 1. The third-order valence-electron chi connectivity index (χ3n) is 5.23. The lowest BCUT2D eigenvalue weighted by molar-refractivity contribution is -0.163. The van der Waals surface area contributed by atoms with Gasteiger partial charge in [-0.1, -0.05) is 66.3 Å². The quantitative estimate of drug-likeness (QED) is 0.640. The van der Waals surface area contributed by atoms with Crippen molar-refractivity contribution in [2.75, 3.05) is 12.3 Å². The van der Waals surface area contributed by atoms with E-state index in [1.807, 2.05) is 6.07 Å². The molecule has 0 radical (unpaired) electrons. The molecule has 1 aromatic heterocycles. The molecule has 2 aromatic rings. The fourth-order valence-corrected chi connectivity index (χ4v) is 6.12. The van der Waals surface area contributed by atoms with E-state index < -0.39 is 0 Å². The Bertz CT molecular complexity index is 788. The second-order valence-electron chi connectivity index (χ2n) is 6.41. The van der Waals surface area contributed by atoms with Crippen LogP contribution in [0.25, 0.3) is 0 Å². The number of aromatic amines is 1. The average Bonchev–Trinajstić information content (AvgIpc) is 3.00. The van der Waals surface area contributed by atoms with Crippen LogP contribution in [0.2, 0.25) is 0 Å². The predicted molar refractivity (Wildman–Crippen MR) is 99.8 cm³/mol. The van der Waals surface area contributed by atoms with E-state index >= 15 is 0 Å². The summed E-state index contributed by atoms with van der Waals surface area (Å²) in [5, 5.41) is 6.90. The summed E-state index contributed by atoms with van der Waals surface area (Å²) in [4.78, 5) is 15.0. The Labute approximate surface area is 154 Å². The third-order valence-corrected chi connectivity index (χ3v) is 7.45. The van der Waals surface area contributed by atoms with Crippen LogP contribution in [0.15, 0.2) is 34.7 Å². The molecule has 2 heterocycles. The van der Waals surface area contributed by atoms with Crippen LogP contribution in [0, 0.1) is 9.87 Å². The second-order valence-corrected chi connectivity index (χ2v) is 9.29. The van der Waals surface area contributed by atoms with Gasteiger partial charge in [-0.3, -0.25) is 9.89 Å². The summed E-state index contributed by atoms with van der Waals surface area (Å²) < 4.78 is 1.49. The van der Waals surface area contributed by atoms with Gasteiger partial charge in [0, 0.05) is 12.5 Å². The number of aromatic nitrogens is 2. The van der Waals surface area contributed by atoms with Gasteiger partial charge in [0.25, 0.3) is 0 Å². The van der Waals surface area contributed by atoms with Crippen molar-refractivity contribution in [2.24, 2.45) is 5.92 Å². The van der Waals surface area contributed by atoms with Crippen LogP contribution >= 0.6 is 35.3 Å². The highest BCUT2D eigenvalue weighted by Crippen LogP contribution is 2.53. The van der Waals surface area contributed by atoms with Gasteiger partial charge in [-0.25, -0.2) is 0 Å². The van der Waals surface area contributed by atoms with E-state index in [1.54, 1.807) is 0 Å². The number of hydrogen-bond donors (Lipinski definition) is 1. The predicted octanol–water partition coefficient (Wildman–Crippen LogP) is 4.22. The first kappa shape index (κ1) is 16.3. The van der Waals surface area contributed by atoms with Crippen molar-refractivity contribution in [1.82, 2.24) is 15.1 Å². The summed E-state index contributed by atoms with van der Waals surface area (Å²) in [6.45, 7) is 0.893. The molecule has 1 saturated heterocycles. The van der Waals surface area contributed by atoms with Crippen molar-refractivity contribution < 1.29 is 4.79 Å². The lowest BCUT2D eigenvalue weighted by atomic mass is 9.61. The average molecular weight is 378 g/mol. The topological polar surface area (TPSA) is 49.0 Å². The van der Waals surface area contributed by atoms with Gasteiger partial charge < -0.3 is 4.90 Å². The number of H-pyrrole nitrogens is 1. The zero-order valence-corrected chi connectivity index (χ0v) is 15.7. The zero-order chi connectivity index (χ0) is 16.6. The van der Waals surface area contributed by atoms with Crippen LogP contribution in [-0.2, 0) is 10.3 Å². The number of carbonyl (C=O) groups excluding carboxylic acids is 1. The Morgan fingerprint density at radius 1 is 1.42 bits per heavy atom. The van der Waals surface area contributed by atoms with Gasteiger partial charge in [-0.2, -0.15) is 5.10 Å². The summed E-state index contributed by atoms with van der Waals surface area (Å²) in [6, 6.07) is 10.6. The van der Waals surface area contributed by atoms with E-state index in [-0.39, 0.29) is 11.4 Å². The van der Waals surface area contributed by atoms with Crippen LogP contribution in [0.5, 0.6) is 0 Å². The fraction of sp³-hybridized carbons (Fsp3) is 0.471. The van der Waals surface area contributed by atoms with Crippen molar-refractivity contribution in [3.05, 3.63) is 39.8 Å². The van der Waals surface area contributed by atoms with Crippen LogP contribution in [-0.4, -0.2) is 33.3 Å². The highest BCUT2D eigenvalue weighted by Gasteiger charge is 2.56. The molecular weight excluding hydrogens is 358 g/mol. The highest BCUT2D eigenvalue weighted by atomic mass is 32.2. The van der Waals surface area contributed by atoms with E-state index in [0.717, 1.165) is 17.3 Å². The standard InChI is InChI=1S/C17H19N3OS3/c21-14(11-23-16-19-18-15(22)24-16)20-10-13-8-4-5-9-17(13,20)12-6-2-1-3-7-12/h1-3,6-7,13H,4-5,8-11H2,(H,18,22)/t13-,17+/m0/s1. The molecular formula is C17H19N3OS3. The van der Waals surface area contributed by atoms with E-state index in [2.05, 4.69) is 39.4 Å². The van der Waals surface area contributed by atoms with Gasteiger partial charge in [-0.05, 0) is 30.6 Å². The largest absolute Gasteiger partial charge is 0.331 e. The summed E-state index contributed by atoms with van der Waals surface area (Å²) in [7, 11) is 0. The van der Waals surface area contributed by atoms with Gasteiger partial charge in [0.1, 0.15) is 0 Å². The van der Waals surface area contributed by atoms with Crippen LogP contribution in [0.1, 0.15) is 31.2 Å². The summed E-state index contributed by atoms with van der Waals surface area (Å²) in [5.41, 5.74) is 1.23. The van der Waals surface area contributed by atoms with Crippen molar-refractivity contribution in [3.8, 4) is 0 Å². The van der Waals surface area contributed by atoms with Gasteiger partial charge in [0.05, 0.1) is 11.3 Å². The maximum Gasteiger partial charge on any atom is 0.233 e. The molecule has 1 aliphatic carbocycles. The van der Waals surface area contributed by atoms with E-state index in [9.17, 15) is 4.79 Å². The number of fused-ring (bicyclic) bond motifs is 1. The summed E-state index contributed by atoms with van der Waals surface area (Å²) in [6.07, 6.45) is 4.79. The molecule has 1 N–H and O–H groups in total. The van der Waals surface area contributed by atoms with Crippen molar-refractivity contribution in [1.29, 1.82) is 0 Å². The molecule has 0 bridgehead atoms. The lowest BCUT2D eigenvalue weighted by Gasteiger charge is -2.61. The smallest absolute Gasteiger partial charge is 0.233 e. The molecule has 0 unspecified atom stereocenters. The molecule has 7 heteroatoms. The van der Waals surface area contributed by atoms with E-state index in [1.165, 1.54) is 47.9 Å². The monoisotopic (exact) mass is 377 g/mol. The van der Waals surface area contributed by atoms with E-state index in [0.29, 0.717) is 15.6 Å². The van der Waals surface area contributed by atoms with Gasteiger partial charge >= 0.3 is 0 Å². The van der Waals surface area contributed by atoms with Gasteiger partial charge in [-0.15, -0.1) is 0 Å². The van der Waals surface area contributed by atoms with Crippen LogP contribution < -0.4 is 0 Å². The van der Waals surface area contributed by atoms with E-state index in [4.69, 9.17) is 12.2 Å². The number of likely N-dealkylation sites (tertiary alicyclic amines) is 1. The maximum absolute atomic E-state index is 12.9. The first-order valence-electron chi connectivity index (χ1n) is 8.24. The first-order valence-corrected chi connectivity index (χ1v) is 10.5. The zero-order valence-electron chi connectivity index (χ0n) is 13.2. The number of thioether (sulfide) groups is 1. The number of amides is 1. The third kappa shape index (κ3) is 2.72. The molecule has 1 amide bonds. The molecule has 4 rings (SSSR count). The second kappa shape index (κ2) is 6.61. The van der Waals surface area contributed by atoms with Crippen molar-refractivity contribution in [3.63, 3.8) is 0 Å². The molecule has 2 atom stereocenters. The van der Waals surface area contributed by atoms with Crippen molar-refractivity contribution >= 4 is 41.2 Å². The summed E-state index contributed by atoms with van der Waals surface area (Å²) >= 11 is 7.95. The minimum Gasteiger partial charge on any atom is -0.331 e. The number of nitrogens with zero attached hydrogens (tertiary/aromatic N) is 2. The normalized spacial score (nSPS) is 25.8. The molecule has 1 saturated carbocycles. The molecule has 0 spiro atoms. The molecule has 2 fully saturated rings. The molecule has 1 aromatic carbocycles. The van der Waals surface area contributed by atoms with Crippen molar-refractivity contribution in [2.45, 2.75) is 35.6 Å². The molecule has 24 heavy (non-hydrogen) atoms. The highest BCUT2D eigenvalue weighted by molar-refractivity contribution is 8.01. The molecule has 126 valence electrons. The lowest BCUT2D eigenvalue weighted by Crippen LogP contribution is -2.67. The van der Waals surface area contributed by atoms with Gasteiger partial charge in [0.2, 0.25) is 5.91 Å². The van der Waals surface area contributed by atoms with Crippen LogP contribution in [0.4, 0.5) is 0 Å². The maximum atomic E-state index is 12.9. The molecule has 2 aliphatic rings. The SMILES string of the molecule is O=C(CSc1n[nH]c(=S)s1)N1C[C@@H]2CCCC[C@@]21c1ccccc1. The number of rotatable bonds is 4. The Balaban J connectivity index is 1.53. The molecule has 1 aliphatic heterocycles. The minimum absolute atomic E-state index is 0.0741. The minimum atomic E-state index is -0.0741. The van der Waals surface area contributed by atoms with Gasteiger partial charge in [0.15, 0.2) is 8.29 Å². The number of carbonyl (C=O) groups is 1. The fourth-order valence-electron chi connectivity index (χ4n) is 4.16. The first-order chi connectivity index (χ1) is 11.7. The Morgan fingerprint density at radius 2 is 2.25 bits per heavy atom. The Morgan fingerprint density at radius 3 is 2.96 bits per heavy atom. The summed E-state index contributed by atoms with van der Waals surface area (Å²) in [5.74, 6) is 1.25. The molecule has 4 nitrogen and oxygen atoms in total.